The number of alkyl halides is 3. The quantitative estimate of drug-likeness (QED) is 0.330. The molecule has 0 fully saturated rings. The van der Waals surface area contributed by atoms with Gasteiger partial charge in [-0.2, -0.15) is 0 Å². The molecule has 80 valence electrons. The highest BCUT2D eigenvalue weighted by Crippen LogP contribution is 2.21. The summed E-state index contributed by atoms with van der Waals surface area (Å²) in [6.07, 6.45) is 8.14. The fourth-order valence-corrected chi connectivity index (χ4v) is 3.22. The molecular formula is C10H19BrI2. The van der Waals surface area contributed by atoms with E-state index in [2.05, 4.69) is 68.0 Å². The molecule has 0 amide bonds. The van der Waals surface area contributed by atoms with Gasteiger partial charge in [0.05, 0.1) is 0 Å². The van der Waals surface area contributed by atoms with E-state index < -0.39 is 0 Å². The molecule has 0 aromatic rings. The van der Waals surface area contributed by atoms with Crippen LogP contribution >= 0.6 is 61.1 Å². The van der Waals surface area contributed by atoms with Crippen LogP contribution in [0.2, 0.25) is 0 Å². The summed E-state index contributed by atoms with van der Waals surface area (Å²) in [7, 11) is 0. The van der Waals surface area contributed by atoms with Crippen molar-refractivity contribution in [3.05, 3.63) is 0 Å². The van der Waals surface area contributed by atoms with Crippen LogP contribution in [0.1, 0.15) is 45.4 Å². The van der Waals surface area contributed by atoms with Gasteiger partial charge < -0.3 is 0 Å². The van der Waals surface area contributed by atoms with Gasteiger partial charge in [-0.05, 0) is 36.5 Å². The molecule has 0 rings (SSSR count). The molecule has 0 saturated heterocycles. The maximum atomic E-state index is 3.73. The first-order chi connectivity index (χ1) is 6.20. The maximum Gasteiger partial charge on any atom is 0.0146 e. The molecule has 0 spiro atoms. The molecule has 0 bridgehead atoms. The molecule has 0 aliphatic rings. The summed E-state index contributed by atoms with van der Waals surface area (Å²) < 4.78 is 2.20. The van der Waals surface area contributed by atoms with Crippen molar-refractivity contribution in [2.75, 3.05) is 4.43 Å². The fraction of sp³-hybridized carbons (Fsp3) is 1.00. The maximum absolute atomic E-state index is 3.73. The second-order valence-corrected chi connectivity index (χ2v) is 7.53. The summed E-state index contributed by atoms with van der Waals surface area (Å²) in [5.41, 5.74) is 0. The second kappa shape index (κ2) is 10.5. The van der Waals surface area contributed by atoms with E-state index in [1.165, 1.54) is 43.0 Å². The average molecular weight is 473 g/mol. The Balaban J connectivity index is 3.29. The third-order valence-corrected chi connectivity index (χ3v) is 4.97. The van der Waals surface area contributed by atoms with E-state index in [0.717, 1.165) is 8.75 Å². The van der Waals surface area contributed by atoms with Gasteiger partial charge in [0.1, 0.15) is 0 Å². The number of rotatable bonds is 8. The van der Waals surface area contributed by atoms with Gasteiger partial charge in [-0.1, -0.05) is 74.5 Å². The van der Waals surface area contributed by atoms with Gasteiger partial charge in [0.15, 0.2) is 0 Å². The molecule has 0 heterocycles. The Morgan fingerprint density at radius 1 is 1.15 bits per heavy atom. The number of hydrogen-bond donors (Lipinski definition) is 0. The van der Waals surface area contributed by atoms with Gasteiger partial charge in [0.25, 0.3) is 0 Å². The van der Waals surface area contributed by atoms with Crippen LogP contribution in [0.3, 0.4) is 0 Å². The van der Waals surface area contributed by atoms with E-state index in [1.54, 1.807) is 0 Å². The van der Waals surface area contributed by atoms with Crippen molar-refractivity contribution in [1.82, 2.24) is 0 Å². The second-order valence-electron chi connectivity index (χ2n) is 3.39. The first-order valence-corrected chi connectivity index (χ1v) is 8.73. The van der Waals surface area contributed by atoms with E-state index in [1.807, 2.05) is 0 Å². The SMILES string of the molecule is CCCC(Br)CCC(I)CCCI. The summed E-state index contributed by atoms with van der Waals surface area (Å²) in [4.78, 5) is 0.759. The van der Waals surface area contributed by atoms with Crippen LogP contribution in [0.5, 0.6) is 0 Å². The molecule has 0 aromatic carbocycles. The molecule has 0 aliphatic carbocycles. The summed E-state index contributed by atoms with van der Waals surface area (Å²) >= 11 is 8.80. The van der Waals surface area contributed by atoms with Gasteiger partial charge in [-0.25, -0.2) is 0 Å². The van der Waals surface area contributed by atoms with Crippen molar-refractivity contribution in [3.63, 3.8) is 0 Å². The normalized spacial score (nSPS) is 15.7. The van der Waals surface area contributed by atoms with Crippen LogP contribution in [-0.4, -0.2) is 13.2 Å². The third kappa shape index (κ3) is 10.2. The topological polar surface area (TPSA) is 0 Å². The Kier molecular flexibility index (Phi) is 12.0. The highest BCUT2D eigenvalue weighted by Gasteiger charge is 2.07. The van der Waals surface area contributed by atoms with Gasteiger partial charge >= 0.3 is 0 Å². The zero-order chi connectivity index (χ0) is 10.1. The summed E-state index contributed by atoms with van der Waals surface area (Å²) in [6.45, 7) is 2.26. The summed E-state index contributed by atoms with van der Waals surface area (Å²) in [5.74, 6) is 0. The van der Waals surface area contributed by atoms with E-state index in [4.69, 9.17) is 0 Å². The molecule has 0 N–H and O–H groups in total. The van der Waals surface area contributed by atoms with Crippen LogP contribution in [0.4, 0.5) is 0 Å². The summed E-state index contributed by atoms with van der Waals surface area (Å²) in [6, 6.07) is 0. The van der Waals surface area contributed by atoms with Gasteiger partial charge in [0.2, 0.25) is 0 Å². The standard InChI is InChI=1S/C10H19BrI2/c1-2-4-9(11)6-7-10(13)5-3-8-12/h9-10H,2-8H2,1H3. The Bertz CT molecular complexity index is 109. The van der Waals surface area contributed by atoms with Crippen LogP contribution in [0.15, 0.2) is 0 Å². The Labute approximate surface area is 118 Å². The lowest BCUT2D eigenvalue weighted by molar-refractivity contribution is 0.625. The predicted octanol–water partition coefficient (Wildman–Crippen LogP) is 5.35. The van der Waals surface area contributed by atoms with E-state index in [0.29, 0.717) is 0 Å². The molecule has 2 unspecified atom stereocenters. The molecular weight excluding hydrogens is 454 g/mol. The highest BCUT2D eigenvalue weighted by molar-refractivity contribution is 14.1. The van der Waals surface area contributed by atoms with Crippen molar-refractivity contribution in [3.8, 4) is 0 Å². The Morgan fingerprint density at radius 3 is 2.38 bits per heavy atom. The van der Waals surface area contributed by atoms with Crippen molar-refractivity contribution < 1.29 is 0 Å². The zero-order valence-corrected chi connectivity index (χ0v) is 14.1. The Hall–Kier alpha value is 1.94. The smallest absolute Gasteiger partial charge is 0.0146 e. The average Bonchev–Trinajstić information content (AvgIpc) is 2.12. The number of hydrogen-bond acceptors (Lipinski definition) is 0. The molecule has 0 nitrogen and oxygen atoms in total. The minimum atomic E-state index is 0.759. The molecule has 3 heteroatoms. The molecule has 0 aromatic heterocycles. The largest absolute Gasteiger partial charge is 0.0891 e. The first-order valence-electron chi connectivity index (χ1n) is 5.04. The van der Waals surface area contributed by atoms with Crippen LogP contribution < -0.4 is 0 Å². The number of halogens is 3. The van der Waals surface area contributed by atoms with E-state index in [-0.39, 0.29) is 0 Å². The van der Waals surface area contributed by atoms with E-state index >= 15 is 0 Å². The van der Waals surface area contributed by atoms with Crippen molar-refractivity contribution in [2.45, 2.75) is 54.2 Å². The Morgan fingerprint density at radius 2 is 1.85 bits per heavy atom. The van der Waals surface area contributed by atoms with Crippen molar-refractivity contribution in [2.24, 2.45) is 0 Å². The van der Waals surface area contributed by atoms with Gasteiger partial charge in [-0.3, -0.25) is 0 Å². The highest BCUT2D eigenvalue weighted by atomic mass is 127. The van der Waals surface area contributed by atoms with Crippen molar-refractivity contribution >= 4 is 61.1 Å². The lowest BCUT2D eigenvalue weighted by Gasteiger charge is -2.12. The van der Waals surface area contributed by atoms with Gasteiger partial charge in [-0.15, -0.1) is 0 Å². The molecule has 2 atom stereocenters. The molecule has 0 radical (unpaired) electrons. The summed E-state index contributed by atoms with van der Waals surface area (Å²) in [5, 5.41) is 0. The molecule has 13 heavy (non-hydrogen) atoms. The lowest BCUT2D eigenvalue weighted by Crippen LogP contribution is -2.04. The predicted molar refractivity (Wildman–Crippen MR) is 82.8 cm³/mol. The van der Waals surface area contributed by atoms with Crippen molar-refractivity contribution in [1.29, 1.82) is 0 Å². The lowest BCUT2D eigenvalue weighted by atomic mass is 10.1. The minimum Gasteiger partial charge on any atom is -0.0891 e. The molecule has 0 aliphatic heterocycles. The van der Waals surface area contributed by atoms with Crippen LogP contribution in [0.25, 0.3) is 0 Å². The third-order valence-electron chi connectivity index (χ3n) is 2.05. The monoisotopic (exact) mass is 472 g/mol. The van der Waals surface area contributed by atoms with Crippen LogP contribution in [0, 0.1) is 0 Å². The molecule has 0 saturated carbocycles. The van der Waals surface area contributed by atoms with E-state index in [9.17, 15) is 0 Å². The minimum absolute atomic E-state index is 0.759. The fourth-order valence-electron chi connectivity index (χ4n) is 1.26. The zero-order valence-electron chi connectivity index (χ0n) is 8.24. The van der Waals surface area contributed by atoms with Gasteiger partial charge in [0, 0.05) is 8.75 Å². The van der Waals surface area contributed by atoms with Crippen LogP contribution in [-0.2, 0) is 0 Å². The first kappa shape index (κ1) is 14.9.